The maximum absolute atomic E-state index is 5.16. The summed E-state index contributed by atoms with van der Waals surface area (Å²) in [5, 5.41) is 4.49. The van der Waals surface area contributed by atoms with E-state index in [9.17, 15) is 0 Å². The minimum atomic E-state index is 0.683. The van der Waals surface area contributed by atoms with Gasteiger partial charge in [-0.2, -0.15) is 0 Å². The quantitative estimate of drug-likeness (QED) is 0.187. The van der Waals surface area contributed by atoms with Crippen molar-refractivity contribution in [1.29, 1.82) is 0 Å². The van der Waals surface area contributed by atoms with E-state index in [1.54, 1.807) is 0 Å². The fourth-order valence-corrected chi connectivity index (χ4v) is 4.93. The van der Waals surface area contributed by atoms with Gasteiger partial charge in [-0.05, 0) is 58.7 Å². The highest BCUT2D eigenvalue weighted by Gasteiger charge is 2.13. The molecule has 0 aliphatic heterocycles. The maximum Gasteiger partial charge on any atom is 0.0974 e. The highest BCUT2D eigenvalue weighted by atomic mass is 14.8. The highest BCUT2D eigenvalue weighted by Crippen LogP contribution is 2.35. The third kappa shape index (κ3) is 5.27. The molecule has 186 valence electrons. The monoisotopic (exact) mass is 500 g/mol. The van der Waals surface area contributed by atoms with Gasteiger partial charge >= 0.3 is 0 Å². The molecule has 0 aliphatic carbocycles. The largest absolute Gasteiger partial charge is 0.254 e. The Morgan fingerprint density at radius 1 is 0.692 bits per heavy atom. The number of rotatable bonds is 4. The molecule has 0 bridgehead atoms. The summed E-state index contributed by atoms with van der Waals surface area (Å²) in [6.45, 7) is 2.05. The number of hydrogen-bond acceptors (Lipinski definition) is 2. The number of benzene rings is 4. The molecule has 0 unspecified atom stereocenters. The van der Waals surface area contributed by atoms with Gasteiger partial charge in [0.1, 0.15) is 0 Å². The van der Waals surface area contributed by atoms with Crippen LogP contribution in [0, 0.1) is 12.8 Å². The van der Waals surface area contributed by atoms with E-state index in [4.69, 9.17) is 9.97 Å². The Kier molecular flexibility index (Phi) is 7.75. The highest BCUT2D eigenvalue weighted by molar-refractivity contribution is 6.11. The minimum Gasteiger partial charge on any atom is -0.254 e. The summed E-state index contributed by atoms with van der Waals surface area (Å²) >= 11 is 0. The Morgan fingerprint density at radius 3 is 2.00 bits per heavy atom. The van der Waals surface area contributed by atoms with E-state index in [0.717, 1.165) is 32.7 Å². The molecule has 0 radical (unpaired) electrons. The van der Waals surface area contributed by atoms with Crippen molar-refractivity contribution < 1.29 is 0 Å². The summed E-state index contributed by atoms with van der Waals surface area (Å²) in [5.74, 6) is 0. The van der Waals surface area contributed by atoms with Crippen molar-refractivity contribution in [1.82, 2.24) is 9.97 Å². The van der Waals surface area contributed by atoms with Crippen LogP contribution in [0.5, 0.6) is 0 Å². The molecule has 0 saturated heterocycles. The second-order valence-corrected chi connectivity index (χ2v) is 9.04. The SMILES string of the molecule is C#C.C/C=c1/ccccc1=C=CCc1cc(-c2ccccc2)c2ccc3c(-c4ccccc4)ccnc3c2n1. The molecule has 2 heterocycles. The number of aromatic nitrogens is 2. The van der Waals surface area contributed by atoms with Crippen LogP contribution in [-0.4, -0.2) is 9.97 Å². The first-order valence-corrected chi connectivity index (χ1v) is 12.9. The zero-order chi connectivity index (χ0) is 27.0. The van der Waals surface area contributed by atoms with Gasteiger partial charge in [0.05, 0.1) is 11.0 Å². The molecule has 0 saturated carbocycles. The number of nitrogens with zero attached hydrogens (tertiary/aromatic N) is 2. The smallest absolute Gasteiger partial charge is 0.0974 e. The van der Waals surface area contributed by atoms with Crippen LogP contribution in [0.2, 0.25) is 0 Å². The molecule has 0 atom stereocenters. The second kappa shape index (κ2) is 11.9. The lowest BCUT2D eigenvalue weighted by atomic mass is 9.95. The zero-order valence-corrected chi connectivity index (χ0v) is 21.9. The number of pyridine rings is 2. The van der Waals surface area contributed by atoms with Crippen molar-refractivity contribution in [3.05, 3.63) is 138 Å². The van der Waals surface area contributed by atoms with Crippen molar-refractivity contribution in [2.45, 2.75) is 13.3 Å². The average Bonchev–Trinajstić information content (AvgIpc) is 3.02. The topological polar surface area (TPSA) is 25.8 Å². The van der Waals surface area contributed by atoms with Crippen molar-refractivity contribution >= 4 is 33.6 Å². The first kappa shape index (κ1) is 25.4. The van der Waals surface area contributed by atoms with Crippen LogP contribution >= 0.6 is 0 Å². The first-order valence-electron chi connectivity index (χ1n) is 12.9. The van der Waals surface area contributed by atoms with Crippen LogP contribution in [0.1, 0.15) is 12.6 Å². The van der Waals surface area contributed by atoms with Crippen LogP contribution in [0.4, 0.5) is 0 Å². The Bertz CT molecular complexity index is 1930. The van der Waals surface area contributed by atoms with Gasteiger partial charge in [0.2, 0.25) is 0 Å². The summed E-state index contributed by atoms with van der Waals surface area (Å²) in [7, 11) is 0. The Balaban J connectivity index is 0.00000151. The fourth-order valence-electron chi connectivity index (χ4n) is 4.93. The van der Waals surface area contributed by atoms with Crippen LogP contribution < -0.4 is 10.4 Å². The average molecular weight is 501 g/mol. The van der Waals surface area contributed by atoms with Gasteiger partial charge in [0, 0.05) is 34.3 Å². The van der Waals surface area contributed by atoms with Gasteiger partial charge in [-0.3, -0.25) is 9.97 Å². The number of hydrogen-bond donors (Lipinski definition) is 0. The summed E-state index contributed by atoms with van der Waals surface area (Å²) in [4.78, 5) is 9.99. The molecule has 6 rings (SSSR count). The van der Waals surface area contributed by atoms with E-state index in [-0.39, 0.29) is 0 Å². The van der Waals surface area contributed by atoms with Gasteiger partial charge in [-0.1, -0.05) is 97.1 Å². The van der Waals surface area contributed by atoms with Crippen LogP contribution in [0.3, 0.4) is 0 Å². The van der Waals surface area contributed by atoms with Crippen molar-refractivity contribution in [2.75, 3.05) is 0 Å². The fraction of sp³-hybridized carbons (Fsp3) is 0.0541. The summed E-state index contributed by atoms with van der Waals surface area (Å²) < 4.78 is 0. The molecule has 2 aromatic heterocycles. The predicted molar refractivity (Wildman–Crippen MR) is 165 cm³/mol. The van der Waals surface area contributed by atoms with Crippen molar-refractivity contribution in [3.8, 4) is 35.1 Å². The summed E-state index contributed by atoms with van der Waals surface area (Å²) in [6, 6.07) is 38.0. The Morgan fingerprint density at radius 2 is 1.31 bits per heavy atom. The molecule has 6 aromatic rings. The molecule has 0 amide bonds. The lowest BCUT2D eigenvalue weighted by Crippen LogP contribution is -2.21. The number of fused-ring (bicyclic) bond motifs is 3. The molecule has 0 aliphatic rings. The summed E-state index contributed by atoms with van der Waals surface area (Å²) in [5.41, 5.74) is 11.0. The summed E-state index contributed by atoms with van der Waals surface area (Å²) in [6.07, 6.45) is 14.8. The van der Waals surface area contributed by atoms with Gasteiger partial charge in [-0.15, -0.1) is 18.6 Å². The van der Waals surface area contributed by atoms with Crippen LogP contribution in [-0.2, 0) is 6.42 Å². The maximum atomic E-state index is 5.16. The van der Waals surface area contributed by atoms with E-state index in [0.29, 0.717) is 6.42 Å². The van der Waals surface area contributed by atoms with E-state index >= 15 is 0 Å². The first-order chi connectivity index (χ1) is 19.3. The number of terminal acetylenes is 1. The van der Waals surface area contributed by atoms with E-state index in [1.807, 2.05) is 18.3 Å². The standard InChI is InChI=1S/C35H26N2.C2H2/c1-2-25-12-9-10-13-26(25)18-11-19-29-24-33(28-16-7-4-8-17-28)32-21-20-31-30(27-14-5-3-6-15-27)22-23-36-34(31)35(32)37-29;1-2/h2-17,20-24H,19H2,1H3;1-2H/b25-2-;. The van der Waals surface area contributed by atoms with Crippen LogP contribution in [0.15, 0.2) is 121 Å². The third-order valence-electron chi connectivity index (χ3n) is 6.75. The Hall–Kier alpha value is -5.22. The molecule has 0 spiro atoms. The third-order valence-corrected chi connectivity index (χ3v) is 6.75. The van der Waals surface area contributed by atoms with Gasteiger partial charge in [0.25, 0.3) is 0 Å². The van der Waals surface area contributed by atoms with Gasteiger partial charge < -0.3 is 0 Å². The van der Waals surface area contributed by atoms with Gasteiger partial charge in [0.15, 0.2) is 0 Å². The van der Waals surface area contributed by atoms with Crippen LogP contribution in [0.25, 0.3) is 55.9 Å². The van der Waals surface area contributed by atoms with E-state index in [1.165, 1.54) is 27.5 Å². The minimum absolute atomic E-state index is 0.683. The predicted octanol–water partition coefficient (Wildman–Crippen LogP) is 7.35. The second-order valence-electron chi connectivity index (χ2n) is 9.04. The molecule has 4 aromatic carbocycles. The molecule has 2 heteroatoms. The number of allylic oxidation sites excluding steroid dienone is 1. The molecule has 0 N–H and O–H groups in total. The molecule has 2 nitrogen and oxygen atoms in total. The Labute approximate surface area is 229 Å². The van der Waals surface area contributed by atoms with Gasteiger partial charge in [-0.25, -0.2) is 0 Å². The lowest BCUT2D eigenvalue weighted by molar-refractivity contribution is 1.15. The molecule has 39 heavy (non-hydrogen) atoms. The van der Waals surface area contributed by atoms with E-state index < -0.39 is 0 Å². The zero-order valence-electron chi connectivity index (χ0n) is 21.9. The van der Waals surface area contributed by atoms with Crippen molar-refractivity contribution in [3.63, 3.8) is 0 Å². The lowest BCUT2D eigenvalue weighted by Gasteiger charge is -2.13. The van der Waals surface area contributed by atoms with E-state index in [2.05, 4.69) is 135 Å². The normalized spacial score (nSPS) is 11.0. The molecular formula is C37H28N2. The molecule has 0 fully saturated rings. The van der Waals surface area contributed by atoms with Crippen molar-refractivity contribution in [2.24, 2.45) is 0 Å². The molecular weight excluding hydrogens is 472 g/mol.